The summed E-state index contributed by atoms with van der Waals surface area (Å²) in [5, 5.41) is 0. The van der Waals surface area contributed by atoms with Gasteiger partial charge in [-0.1, -0.05) is 32.0 Å². The highest BCUT2D eigenvalue weighted by atomic mass is 16.5. The van der Waals surface area contributed by atoms with E-state index in [1.165, 1.54) is 16.7 Å². The molecule has 0 aromatic heterocycles. The molecule has 18 heavy (non-hydrogen) atoms. The van der Waals surface area contributed by atoms with Crippen molar-refractivity contribution in [2.75, 3.05) is 0 Å². The van der Waals surface area contributed by atoms with E-state index in [1.807, 2.05) is 0 Å². The molecule has 1 heterocycles. The van der Waals surface area contributed by atoms with Gasteiger partial charge in [-0.15, -0.1) is 0 Å². The maximum atomic E-state index is 6.35. The lowest BCUT2D eigenvalue weighted by atomic mass is 9.94. The third-order valence-corrected chi connectivity index (χ3v) is 4.04. The molecule has 1 fully saturated rings. The van der Waals surface area contributed by atoms with E-state index in [-0.39, 0.29) is 12.1 Å². The number of nitrogens with two attached hydrogens (primary N) is 1. The highest BCUT2D eigenvalue weighted by Crippen LogP contribution is 2.29. The van der Waals surface area contributed by atoms with Crippen molar-refractivity contribution in [3.63, 3.8) is 0 Å². The van der Waals surface area contributed by atoms with Crippen LogP contribution in [0.5, 0.6) is 0 Å². The first-order valence-electron chi connectivity index (χ1n) is 7.18. The molecule has 2 nitrogen and oxygen atoms in total. The lowest BCUT2D eigenvalue weighted by Crippen LogP contribution is -2.26. The van der Waals surface area contributed by atoms with E-state index >= 15 is 0 Å². The Hall–Kier alpha value is -0.860. The van der Waals surface area contributed by atoms with Crippen molar-refractivity contribution in [2.24, 2.45) is 5.73 Å². The summed E-state index contributed by atoms with van der Waals surface area (Å²) in [4.78, 5) is 0. The molecule has 1 aromatic carbocycles. The van der Waals surface area contributed by atoms with Crippen LogP contribution in [0.3, 0.4) is 0 Å². The van der Waals surface area contributed by atoms with Gasteiger partial charge in [0.05, 0.1) is 18.2 Å². The summed E-state index contributed by atoms with van der Waals surface area (Å²) < 4.78 is 5.88. The van der Waals surface area contributed by atoms with Crippen LogP contribution in [0.2, 0.25) is 0 Å². The normalized spacial score (nSPS) is 25.3. The van der Waals surface area contributed by atoms with Crippen molar-refractivity contribution in [1.29, 1.82) is 0 Å². The van der Waals surface area contributed by atoms with E-state index in [9.17, 15) is 0 Å². The van der Waals surface area contributed by atoms with E-state index in [4.69, 9.17) is 10.5 Å². The fourth-order valence-electron chi connectivity index (χ4n) is 2.84. The summed E-state index contributed by atoms with van der Waals surface area (Å²) in [6.45, 7) is 6.54. The molecule has 1 aliphatic rings. The quantitative estimate of drug-likeness (QED) is 0.885. The zero-order valence-electron chi connectivity index (χ0n) is 11.8. The standard InChI is InChI=1S/C16H25NO/c1-4-12-7-8-14(10-13(12)5-2)16(17)15-9-6-11(3)18-15/h7-8,10-11,15-16H,4-6,9,17H2,1-3H3. The number of ether oxygens (including phenoxy) is 1. The van der Waals surface area contributed by atoms with Crippen LogP contribution in [-0.2, 0) is 17.6 Å². The number of aryl methyl sites for hydroxylation is 2. The number of rotatable bonds is 4. The van der Waals surface area contributed by atoms with Crippen LogP contribution in [0.4, 0.5) is 0 Å². The Bertz CT molecular complexity index is 402. The SMILES string of the molecule is CCc1ccc(C(N)C2CCC(C)O2)cc1CC. The molecule has 2 rings (SSSR count). The first-order valence-corrected chi connectivity index (χ1v) is 7.18. The van der Waals surface area contributed by atoms with Gasteiger partial charge in [-0.3, -0.25) is 0 Å². The average molecular weight is 247 g/mol. The minimum Gasteiger partial charge on any atom is -0.373 e. The summed E-state index contributed by atoms with van der Waals surface area (Å²) >= 11 is 0. The molecule has 100 valence electrons. The molecule has 3 unspecified atom stereocenters. The van der Waals surface area contributed by atoms with Crippen LogP contribution in [0, 0.1) is 0 Å². The zero-order chi connectivity index (χ0) is 13.1. The van der Waals surface area contributed by atoms with E-state index < -0.39 is 0 Å². The van der Waals surface area contributed by atoms with Gasteiger partial charge in [0.1, 0.15) is 0 Å². The minimum absolute atomic E-state index is 0.0196. The van der Waals surface area contributed by atoms with Gasteiger partial charge in [-0.05, 0) is 49.3 Å². The van der Waals surface area contributed by atoms with Crippen molar-refractivity contribution in [2.45, 2.75) is 64.7 Å². The largest absolute Gasteiger partial charge is 0.373 e. The van der Waals surface area contributed by atoms with Gasteiger partial charge < -0.3 is 10.5 Å². The van der Waals surface area contributed by atoms with Gasteiger partial charge >= 0.3 is 0 Å². The van der Waals surface area contributed by atoms with Crippen molar-refractivity contribution < 1.29 is 4.74 Å². The maximum Gasteiger partial charge on any atom is 0.0772 e. The van der Waals surface area contributed by atoms with Gasteiger partial charge in [-0.25, -0.2) is 0 Å². The Morgan fingerprint density at radius 1 is 1.22 bits per heavy atom. The topological polar surface area (TPSA) is 35.2 Å². The molecule has 2 N–H and O–H groups in total. The van der Waals surface area contributed by atoms with Crippen molar-refractivity contribution in [3.8, 4) is 0 Å². The van der Waals surface area contributed by atoms with Gasteiger partial charge in [0.15, 0.2) is 0 Å². The number of benzene rings is 1. The third kappa shape index (κ3) is 2.76. The molecule has 0 saturated carbocycles. The van der Waals surface area contributed by atoms with Crippen LogP contribution < -0.4 is 5.73 Å². The summed E-state index contributed by atoms with van der Waals surface area (Å²) in [6, 6.07) is 6.70. The Labute approximate surface area is 111 Å². The van der Waals surface area contributed by atoms with E-state index in [0.29, 0.717) is 6.10 Å². The number of hydrogen-bond acceptors (Lipinski definition) is 2. The first-order chi connectivity index (χ1) is 8.65. The molecule has 0 spiro atoms. The Kier molecular flexibility index (Phi) is 4.41. The Morgan fingerprint density at radius 2 is 1.94 bits per heavy atom. The van der Waals surface area contributed by atoms with E-state index in [1.54, 1.807) is 0 Å². The Balaban J connectivity index is 2.17. The Morgan fingerprint density at radius 3 is 2.50 bits per heavy atom. The van der Waals surface area contributed by atoms with Crippen molar-refractivity contribution in [3.05, 3.63) is 34.9 Å². The maximum absolute atomic E-state index is 6.35. The average Bonchev–Trinajstić information content (AvgIpc) is 2.83. The van der Waals surface area contributed by atoms with Crippen LogP contribution in [-0.4, -0.2) is 12.2 Å². The molecule has 0 radical (unpaired) electrons. The summed E-state index contributed by atoms with van der Waals surface area (Å²) in [6.07, 6.45) is 4.94. The van der Waals surface area contributed by atoms with E-state index in [2.05, 4.69) is 39.0 Å². The molecule has 3 atom stereocenters. The second-order valence-electron chi connectivity index (χ2n) is 5.32. The van der Waals surface area contributed by atoms with E-state index in [0.717, 1.165) is 25.7 Å². The van der Waals surface area contributed by atoms with Gasteiger partial charge in [0.2, 0.25) is 0 Å². The molecule has 1 saturated heterocycles. The van der Waals surface area contributed by atoms with Crippen molar-refractivity contribution >= 4 is 0 Å². The predicted molar refractivity (Wildman–Crippen MR) is 75.7 cm³/mol. The highest BCUT2D eigenvalue weighted by molar-refractivity contribution is 5.34. The summed E-state index contributed by atoms with van der Waals surface area (Å²) in [7, 11) is 0. The van der Waals surface area contributed by atoms with Crippen LogP contribution >= 0.6 is 0 Å². The molecule has 0 amide bonds. The summed E-state index contributed by atoms with van der Waals surface area (Å²) in [5.74, 6) is 0. The molecular weight excluding hydrogens is 222 g/mol. The third-order valence-electron chi connectivity index (χ3n) is 4.04. The second kappa shape index (κ2) is 5.85. The zero-order valence-corrected chi connectivity index (χ0v) is 11.8. The molecule has 1 aliphatic heterocycles. The molecule has 1 aromatic rings. The molecule has 0 aliphatic carbocycles. The molecular formula is C16H25NO. The second-order valence-corrected chi connectivity index (χ2v) is 5.32. The van der Waals surface area contributed by atoms with Crippen LogP contribution in [0.25, 0.3) is 0 Å². The smallest absolute Gasteiger partial charge is 0.0772 e. The van der Waals surface area contributed by atoms with Crippen LogP contribution in [0.15, 0.2) is 18.2 Å². The fourth-order valence-corrected chi connectivity index (χ4v) is 2.84. The van der Waals surface area contributed by atoms with Gasteiger partial charge in [-0.2, -0.15) is 0 Å². The van der Waals surface area contributed by atoms with Crippen molar-refractivity contribution in [1.82, 2.24) is 0 Å². The minimum atomic E-state index is 0.0196. The summed E-state index contributed by atoms with van der Waals surface area (Å²) in [5.41, 5.74) is 10.4. The molecule has 2 heteroatoms. The van der Waals surface area contributed by atoms with Crippen LogP contribution in [0.1, 0.15) is 56.3 Å². The first kappa shape index (κ1) is 13.6. The van der Waals surface area contributed by atoms with Gasteiger partial charge in [0, 0.05) is 0 Å². The fraction of sp³-hybridized carbons (Fsp3) is 0.625. The lowest BCUT2D eigenvalue weighted by Gasteiger charge is -2.21. The lowest BCUT2D eigenvalue weighted by molar-refractivity contribution is 0.0401. The number of hydrogen-bond donors (Lipinski definition) is 1. The predicted octanol–water partition coefficient (Wildman–Crippen LogP) is 3.38. The monoisotopic (exact) mass is 247 g/mol. The highest BCUT2D eigenvalue weighted by Gasteiger charge is 2.28. The van der Waals surface area contributed by atoms with Gasteiger partial charge in [0.25, 0.3) is 0 Å². The molecule has 0 bridgehead atoms.